The van der Waals surface area contributed by atoms with E-state index in [1.165, 1.54) is 25.7 Å². The van der Waals surface area contributed by atoms with E-state index in [4.69, 9.17) is 0 Å². The average Bonchev–Trinajstić information content (AvgIpc) is 2.30. The topological polar surface area (TPSA) is 6.48 Å². The van der Waals surface area contributed by atoms with Gasteiger partial charge in [0.05, 0.1) is 0 Å². The number of rotatable bonds is 1. The fraction of sp³-hybridized carbons (Fsp3) is 1.00. The number of piperidine rings is 1. The molecule has 12 heavy (non-hydrogen) atoms. The van der Waals surface area contributed by atoms with Crippen LogP contribution in [0.3, 0.4) is 0 Å². The van der Waals surface area contributed by atoms with Crippen molar-refractivity contribution >= 4 is 0 Å². The van der Waals surface area contributed by atoms with Gasteiger partial charge in [-0.15, -0.1) is 0 Å². The predicted molar refractivity (Wildman–Crippen MR) is 51.3 cm³/mol. The monoisotopic (exact) mass is 168 g/mol. The zero-order valence-electron chi connectivity index (χ0n) is 8.45. The Hall–Kier alpha value is -0.0800. The van der Waals surface area contributed by atoms with Gasteiger partial charge in [0, 0.05) is 18.1 Å². The number of hydrogen-bond acceptors (Lipinski definition) is 2. The normalized spacial score (nSPS) is 42.5. The molecular formula is C10H20N2. The molecule has 2 aliphatic heterocycles. The highest BCUT2D eigenvalue weighted by Gasteiger charge is 2.38. The minimum Gasteiger partial charge on any atom is -0.306 e. The summed E-state index contributed by atoms with van der Waals surface area (Å²) in [6.45, 7) is 0. The number of nitrogens with zero attached hydrogens (tertiary/aromatic N) is 2. The molecule has 2 fully saturated rings. The van der Waals surface area contributed by atoms with Crippen LogP contribution in [0.4, 0.5) is 0 Å². The van der Waals surface area contributed by atoms with E-state index in [1.807, 2.05) is 0 Å². The molecule has 2 nitrogen and oxygen atoms in total. The summed E-state index contributed by atoms with van der Waals surface area (Å²) in [5, 5.41) is 0. The highest BCUT2D eigenvalue weighted by molar-refractivity contribution is 4.95. The zero-order valence-corrected chi connectivity index (χ0v) is 8.45. The van der Waals surface area contributed by atoms with Gasteiger partial charge < -0.3 is 9.80 Å². The minimum absolute atomic E-state index is 0.846. The third-order valence-electron chi connectivity index (χ3n) is 3.80. The van der Waals surface area contributed by atoms with Crippen molar-refractivity contribution in [3.8, 4) is 0 Å². The lowest BCUT2D eigenvalue weighted by Crippen LogP contribution is -2.46. The summed E-state index contributed by atoms with van der Waals surface area (Å²) in [5.74, 6) is 0. The molecule has 2 aliphatic rings. The summed E-state index contributed by atoms with van der Waals surface area (Å²) < 4.78 is 0. The van der Waals surface area contributed by atoms with Crippen molar-refractivity contribution in [2.75, 3.05) is 21.1 Å². The fourth-order valence-electron chi connectivity index (χ4n) is 2.80. The van der Waals surface area contributed by atoms with Crippen LogP contribution >= 0.6 is 0 Å². The van der Waals surface area contributed by atoms with Gasteiger partial charge >= 0.3 is 0 Å². The van der Waals surface area contributed by atoms with Crippen LogP contribution in [0, 0.1) is 0 Å². The maximum Gasteiger partial charge on any atom is 0.0119 e. The summed E-state index contributed by atoms with van der Waals surface area (Å²) in [7, 11) is 6.74. The number of hydrogen-bond donors (Lipinski definition) is 0. The molecule has 0 spiro atoms. The molecule has 2 heterocycles. The van der Waals surface area contributed by atoms with Crippen molar-refractivity contribution in [1.82, 2.24) is 9.80 Å². The standard InChI is InChI=1S/C10H20N2/c1-11(2)10-6-8-4-5-9(7-10)12(8)3/h8-10H,4-7H2,1-3H3/t8-,9+,10?. The molecule has 0 N–H and O–H groups in total. The van der Waals surface area contributed by atoms with Crippen molar-refractivity contribution in [1.29, 1.82) is 0 Å². The summed E-state index contributed by atoms with van der Waals surface area (Å²) in [6, 6.07) is 2.62. The molecule has 1 unspecified atom stereocenters. The van der Waals surface area contributed by atoms with E-state index in [1.54, 1.807) is 0 Å². The van der Waals surface area contributed by atoms with Crippen molar-refractivity contribution in [3.05, 3.63) is 0 Å². The van der Waals surface area contributed by atoms with Gasteiger partial charge in [0.15, 0.2) is 0 Å². The van der Waals surface area contributed by atoms with Crippen molar-refractivity contribution in [2.24, 2.45) is 0 Å². The minimum atomic E-state index is 0.846. The molecule has 2 heteroatoms. The molecule has 70 valence electrons. The number of fused-ring (bicyclic) bond motifs is 2. The SMILES string of the molecule is CN(C)C1C[C@H]2CC[C@@H](C1)N2C. The van der Waals surface area contributed by atoms with Crippen LogP contribution in [0.5, 0.6) is 0 Å². The Morgan fingerprint density at radius 3 is 2.00 bits per heavy atom. The maximum atomic E-state index is 2.60. The van der Waals surface area contributed by atoms with Crippen LogP contribution in [0.2, 0.25) is 0 Å². The van der Waals surface area contributed by atoms with E-state index < -0.39 is 0 Å². The zero-order chi connectivity index (χ0) is 8.72. The molecule has 0 amide bonds. The Kier molecular flexibility index (Phi) is 2.13. The fourth-order valence-corrected chi connectivity index (χ4v) is 2.80. The molecule has 0 aromatic carbocycles. The van der Waals surface area contributed by atoms with Crippen LogP contribution in [0.1, 0.15) is 25.7 Å². The second-order valence-electron chi connectivity index (χ2n) is 4.64. The smallest absolute Gasteiger partial charge is 0.0119 e. The molecular weight excluding hydrogens is 148 g/mol. The van der Waals surface area contributed by atoms with Crippen LogP contribution < -0.4 is 0 Å². The van der Waals surface area contributed by atoms with E-state index in [0.29, 0.717) is 0 Å². The van der Waals surface area contributed by atoms with Crippen LogP contribution in [-0.2, 0) is 0 Å². The van der Waals surface area contributed by atoms with Crippen molar-refractivity contribution in [3.63, 3.8) is 0 Å². The predicted octanol–water partition coefficient (Wildman–Crippen LogP) is 1.17. The van der Waals surface area contributed by atoms with Gasteiger partial charge in [0.25, 0.3) is 0 Å². The van der Waals surface area contributed by atoms with Gasteiger partial charge in [0.2, 0.25) is 0 Å². The van der Waals surface area contributed by atoms with E-state index in [0.717, 1.165) is 18.1 Å². The van der Waals surface area contributed by atoms with E-state index in [9.17, 15) is 0 Å². The van der Waals surface area contributed by atoms with Crippen LogP contribution in [0.25, 0.3) is 0 Å². The second kappa shape index (κ2) is 3.00. The third-order valence-corrected chi connectivity index (χ3v) is 3.80. The Morgan fingerprint density at radius 1 is 1.08 bits per heavy atom. The average molecular weight is 168 g/mol. The molecule has 0 saturated carbocycles. The summed E-state index contributed by atoms with van der Waals surface area (Å²) in [4.78, 5) is 5.00. The third kappa shape index (κ3) is 1.27. The first-order valence-corrected chi connectivity index (χ1v) is 5.07. The van der Waals surface area contributed by atoms with Gasteiger partial charge in [-0.3, -0.25) is 0 Å². The van der Waals surface area contributed by atoms with Crippen LogP contribution in [-0.4, -0.2) is 49.1 Å². The second-order valence-corrected chi connectivity index (χ2v) is 4.64. The van der Waals surface area contributed by atoms with Gasteiger partial charge in [-0.1, -0.05) is 0 Å². The lowest BCUT2D eigenvalue weighted by atomic mass is 9.97. The van der Waals surface area contributed by atoms with E-state index >= 15 is 0 Å². The molecule has 2 rings (SSSR count). The van der Waals surface area contributed by atoms with Gasteiger partial charge in [0.1, 0.15) is 0 Å². The molecule has 0 aromatic rings. The molecule has 2 bridgehead atoms. The first-order valence-electron chi connectivity index (χ1n) is 5.07. The quantitative estimate of drug-likeness (QED) is 0.580. The molecule has 0 radical (unpaired) electrons. The molecule has 3 atom stereocenters. The van der Waals surface area contributed by atoms with E-state index in [2.05, 4.69) is 30.9 Å². The summed E-state index contributed by atoms with van der Waals surface area (Å²) in [6.07, 6.45) is 5.65. The first-order chi connectivity index (χ1) is 5.68. The Bertz CT molecular complexity index is 153. The Labute approximate surface area is 75.5 Å². The lowest BCUT2D eigenvalue weighted by molar-refractivity contribution is 0.104. The highest BCUT2D eigenvalue weighted by atomic mass is 15.2. The summed E-state index contributed by atoms with van der Waals surface area (Å²) >= 11 is 0. The maximum absolute atomic E-state index is 2.60. The van der Waals surface area contributed by atoms with Crippen LogP contribution in [0.15, 0.2) is 0 Å². The van der Waals surface area contributed by atoms with Gasteiger partial charge in [-0.05, 0) is 46.8 Å². The first kappa shape index (κ1) is 8.52. The molecule has 0 aliphatic carbocycles. The molecule has 2 saturated heterocycles. The lowest BCUT2D eigenvalue weighted by Gasteiger charge is -2.39. The van der Waals surface area contributed by atoms with Gasteiger partial charge in [-0.25, -0.2) is 0 Å². The van der Waals surface area contributed by atoms with Crippen molar-refractivity contribution in [2.45, 2.75) is 43.8 Å². The Morgan fingerprint density at radius 2 is 1.58 bits per heavy atom. The van der Waals surface area contributed by atoms with E-state index in [-0.39, 0.29) is 0 Å². The largest absolute Gasteiger partial charge is 0.306 e. The van der Waals surface area contributed by atoms with Gasteiger partial charge in [-0.2, -0.15) is 0 Å². The highest BCUT2D eigenvalue weighted by Crippen LogP contribution is 2.35. The van der Waals surface area contributed by atoms with Crippen molar-refractivity contribution < 1.29 is 0 Å². The molecule has 0 aromatic heterocycles. The summed E-state index contributed by atoms with van der Waals surface area (Å²) in [5.41, 5.74) is 0. The Balaban J connectivity index is 2.02.